The maximum absolute atomic E-state index is 12.3. The molecular formula is C19H26N4O3. The lowest BCUT2D eigenvalue weighted by Gasteiger charge is -2.30. The summed E-state index contributed by atoms with van der Waals surface area (Å²) in [4.78, 5) is 29.8. The van der Waals surface area contributed by atoms with E-state index < -0.39 is 0 Å². The first-order valence-electron chi connectivity index (χ1n) is 9.15. The normalized spacial score (nSPS) is 18.1. The number of primary amides is 1. The van der Waals surface area contributed by atoms with Crippen molar-refractivity contribution in [2.75, 3.05) is 26.2 Å². The zero-order valence-corrected chi connectivity index (χ0v) is 15.2. The van der Waals surface area contributed by atoms with Crippen LogP contribution in [0, 0.1) is 12.8 Å². The molecule has 1 fully saturated rings. The number of benzene rings is 1. The Labute approximate surface area is 152 Å². The molecule has 2 aromatic rings. The average molecular weight is 358 g/mol. The largest absolute Gasteiger partial charge is 0.441 e. The van der Waals surface area contributed by atoms with Crippen LogP contribution in [0.5, 0.6) is 0 Å². The van der Waals surface area contributed by atoms with Crippen LogP contribution in [0.25, 0.3) is 11.1 Å². The molecule has 3 rings (SSSR count). The third-order valence-corrected chi connectivity index (χ3v) is 4.71. The lowest BCUT2D eigenvalue weighted by Crippen LogP contribution is -2.45. The molecule has 1 aromatic carbocycles. The van der Waals surface area contributed by atoms with E-state index in [0.717, 1.165) is 42.5 Å². The fourth-order valence-corrected chi connectivity index (χ4v) is 3.42. The molecule has 1 aromatic heterocycles. The standard InChI is InChI=1S/C19H26N4O3/c1-13-6-7-15-16(10-13)26-18(22-15)5-2-8-21-19(25)14-4-3-9-23(11-14)12-17(20)24/h6-7,10,14H,2-5,8-9,11-12H2,1H3,(H2,20,24)(H,21,25). The van der Waals surface area contributed by atoms with Crippen molar-refractivity contribution in [3.05, 3.63) is 29.7 Å². The lowest BCUT2D eigenvalue weighted by molar-refractivity contribution is -0.128. The van der Waals surface area contributed by atoms with E-state index in [1.165, 1.54) is 0 Å². The quantitative estimate of drug-likeness (QED) is 0.728. The number of carbonyl (C=O) groups is 2. The number of piperidine rings is 1. The van der Waals surface area contributed by atoms with Gasteiger partial charge in [-0.05, 0) is 50.4 Å². The Morgan fingerprint density at radius 2 is 2.27 bits per heavy atom. The molecule has 0 saturated carbocycles. The predicted molar refractivity (Wildman–Crippen MR) is 98.4 cm³/mol. The molecule has 1 aliphatic rings. The summed E-state index contributed by atoms with van der Waals surface area (Å²) in [5.41, 5.74) is 8.06. The molecule has 2 heterocycles. The molecule has 1 atom stereocenters. The molecule has 0 radical (unpaired) electrons. The minimum Gasteiger partial charge on any atom is -0.441 e. The number of nitrogens with one attached hydrogen (secondary N) is 1. The van der Waals surface area contributed by atoms with Gasteiger partial charge in [0.05, 0.1) is 12.5 Å². The van der Waals surface area contributed by atoms with Gasteiger partial charge >= 0.3 is 0 Å². The van der Waals surface area contributed by atoms with Gasteiger partial charge in [-0.25, -0.2) is 4.98 Å². The first-order valence-corrected chi connectivity index (χ1v) is 9.15. The van der Waals surface area contributed by atoms with Crippen LogP contribution in [0.3, 0.4) is 0 Å². The van der Waals surface area contributed by atoms with E-state index in [-0.39, 0.29) is 24.3 Å². The Kier molecular flexibility index (Phi) is 5.88. The first kappa shape index (κ1) is 18.4. The summed E-state index contributed by atoms with van der Waals surface area (Å²) in [5.74, 6) is 0.326. The minimum atomic E-state index is -0.348. The van der Waals surface area contributed by atoms with E-state index in [9.17, 15) is 9.59 Å². The number of oxazole rings is 1. The Balaban J connectivity index is 1.42. The third-order valence-electron chi connectivity index (χ3n) is 4.71. The number of aryl methyl sites for hydroxylation is 2. The molecule has 0 spiro atoms. The Morgan fingerprint density at radius 3 is 3.08 bits per heavy atom. The molecule has 3 N–H and O–H groups in total. The van der Waals surface area contributed by atoms with Crippen LogP contribution in [0.2, 0.25) is 0 Å². The SMILES string of the molecule is Cc1ccc2nc(CCCNC(=O)C3CCCN(CC(N)=O)C3)oc2c1. The maximum atomic E-state index is 12.3. The van der Waals surface area contributed by atoms with Crippen molar-refractivity contribution in [3.8, 4) is 0 Å². The molecule has 26 heavy (non-hydrogen) atoms. The summed E-state index contributed by atoms with van der Waals surface area (Å²) in [7, 11) is 0. The molecule has 7 nitrogen and oxygen atoms in total. The summed E-state index contributed by atoms with van der Waals surface area (Å²) in [5, 5.41) is 2.99. The van der Waals surface area contributed by atoms with Crippen LogP contribution < -0.4 is 11.1 Å². The van der Waals surface area contributed by atoms with Crippen LogP contribution in [0.4, 0.5) is 0 Å². The van der Waals surface area contributed by atoms with Crippen molar-refractivity contribution in [1.82, 2.24) is 15.2 Å². The highest BCUT2D eigenvalue weighted by atomic mass is 16.3. The fraction of sp³-hybridized carbons (Fsp3) is 0.526. The second kappa shape index (κ2) is 8.31. The topological polar surface area (TPSA) is 101 Å². The Hall–Kier alpha value is -2.41. The molecule has 140 valence electrons. The van der Waals surface area contributed by atoms with Gasteiger partial charge in [-0.1, -0.05) is 6.07 Å². The number of likely N-dealkylation sites (tertiary alicyclic amines) is 1. The van der Waals surface area contributed by atoms with Crippen LogP contribution in [-0.4, -0.2) is 47.9 Å². The van der Waals surface area contributed by atoms with E-state index in [4.69, 9.17) is 10.2 Å². The van der Waals surface area contributed by atoms with Crippen molar-refractivity contribution in [3.63, 3.8) is 0 Å². The maximum Gasteiger partial charge on any atom is 0.231 e. The van der Waals surface area contributed by atoms with E-state index in [0.29, 0.717) is 25.4 Å². The highest BCUT2D eigenvalue weighted by molar-refractivity contribution is 5.79. The lowest BCUT2D eigenvalue weighted by atomic mass is 9.97. The van der Waals surface area contributed by atoms with E-state index in [1.807, 2.05) is 30.0 Å². The van der Waals surface area contributed by atoms with Gasteiger partial charge in [0, 0.05) is 19.5 Å². The van der Waals surface area contributed by atoms with Crippen molar-refractivity contribution in [2.24, 2.45) is 11.7 Å². The molecule has 0 aliphatic carbocycles. The van der Waals surface area contributed by atoms with Crippen LogP contribution in [-0.2, 0) is 16.0 Å². The Morgan fingerprint density at radius 1 is 1.42 bits per heavy atom. The van der Waals surface area contributed by atoms with Gasteiger partial charge in [0.15, 0.2) is 11.5 Å². The highest BCUT2D eigenvalue weighted by Gasteiger charge is 2.26. The van der Waals surface area contributed by atoms with E-state index in [2.05, 4.69) is 10.3 Å². The number of nitrogens with two attached hydrogens (primary N) is 1. The zero-order chi connectivity index (χ0) is 18.5. The molecule has 7 heteroatoms. The summed E-state index contributed by atoms with van der Waals surface area (Å²) in [6.45, 7) is 4.25. The summed E-state index contributed by atoms with van der Waals surface area (Å²) in [6.07, 6.45) is 3.22. The minimum absolute atomic E-state index is 0.0485. The fourth-order valence-electron chi connectivity index (χ4n) is 3.42. The highest BCUT2D eigenvalue weighted by Crippen LogP contribution is 2.18. The van der Waals surface area contributed by atoms with Crippen molar-refractivity contribution >= 4 is 22.9 Å². The number of fused-ring (bicyclic) bond motifs is 1. The van der Waals surface area contributed by atoms with E-state index >= 15 is 0 Å². The van der Waals surface area contributed by atoms with Gasteiger partial charge in [0.25, 0.3) is 0 Å². The number of amides is 2. The van der Waals surface area contributed by atoms with Gasteiger partial charge in [-0.3, -0.25) is 14.5 Å². The number of hydrogen-bond acceptors (Lipinski definition) is 5. The van der Waals surface area contributed by atoms with Gasteiger partial charge in [-0.2, -0.15) is 0 Å². The number of carbonyl (C=O) groups excluding carboxylic acids is 2. The zero-order valence-electron chi connectivity index (χ0n) is 15.2. The summed E-state index contributed by atoms with van der Waals surface area (Å²) in [6, 6.07) is 5.95. The molecule has 2 amide bonds. The second-order valence-electron chi connectivity index (χ2n) is 7.01. The van der Waals surface area contributed by atoms with Crippen LogP contribution in [0.1, 0.15) is 30.7 Å². The number of rotatable bonds is 7. The van der Waals surface area contributed by atoms with Crippen molar-refractivity contribution in [2.45, 2.75) is 32.6 Å². The number of aromatic nitrogens is 1. The molecular weight excluding hydrogens is 332 g/mol. The van der Waals surface area contributed by atoms with E-state index in [1.54, 1.807) is 0 Å². The van der Waals surface area contributed by atoms with Crippen molar-refractivity contribution in [1.29, 1.82) is 0 Å². The smallest absolute Gasteiger partial charge is 0.231 e. The second-order valence-corrected chi connectivity index (χ2v) is 7.01. The van der Waals surface area contributed by atoms with Crippen LogP contribution >= 0.6 is 0 Å². The predicted octanol–water partition coefficient (Wildman–Crippen LogP) is 1.38. The van der Waals surface area contributed by atoms with Crippen molar-refractivity contribution < 1.29 is 14.0 Å². The average Bonchev–Trinajstić information content (AvgIpc) is 3.00. The van der Waals surface area contributed by atoms with Gasteiger partial charge in [0.2, 0.25) is 11.8 Å². The van der Waals surface area contributed by atoms with Gasteiger partial charge in [0.1, 0.15) is 5.52 Å². The van der Waals surface area contributed by atoms with Crippen LogP contribution in [0.15, 0.2) is 22.6 Å². The van der Waals surface area contributed by atoms with Gasteiger partial charge < -0.3 is 15.5 Å². The monoisotopic (exact) mass is 358 g/mol. The summed E-state index contributed by atoms with van der Waals surface area (Å²) >= 11 is 0. The molecule has 0 bridgehead atoms. The molecule has 1 unspecified atom stereocenters. The first-order chi connectivity index (χ1) is 12.5. The Bertz CT molecular complexity index is 786. The number of hydrogen-bond donors (Lipinski definition) is 2. The third kappa shape index (κ3) is 4.82. The molecule has 1 aliphatic heterocycles. The summed E-state index contributed by atoms with van der Waals surface area (Å²) < 4.78 is 5.75. The number of nitrogens with zero attached hydrogens (tertiary/aromatic N) is 2. The van der Waals surface area contributed by atoms with Gasteiger partial charge in [-0.15, -0.1) is 0 Å². The molecule has 1 saturated heterocycles.